The maximum atomic E-state index is 10.4. The lowest BCUT2D eigenvalue weighted by Crippen LogP contribution is -2.47. The quantitative estimate of drug-likeness (QED) is 0.775. The summed E-state index contributed by atoms with van der Waals surface area (Å²) in [5.41, 5.74) is 0.749. The van der Waals surface area contributed by atoms with Crippen LogP contribution in [0.2, 0.25) is 0 Å². The highest BCUT2D eigenvalue weighted by atomic mass is 32.1. The van der Waals surface area contributed by atoms with E-state index in [0.717, 1.165) is 11.3 Å². The van der Waals surface area contributed by atoms with Crippen molar-refractivity contribution in [1.82, 2.24) is 5.01 Å². The molecule has 2 atom stereocenters. The molecule has 90 valence electrons. The second-order valence-electron chi connectivity index (χ2n) is 4.54. The Kier molecular flexibility index (Phi) is 3.02. The second-order valence-corrected chi connectivity index (χ2v) is 4.93. The Labute approximate surface area is 107 Å². The van der Waals surface area contributed by atoms with E-state index in [1.165, 1.54) is 5.01 Å². The molecule has 0 unspecified atom stereocenters. The zero-order chi connectivity index (χ0) is 12.6. The smallest absolute Gasteiger partial charge is 0.164 e. The predicted octanol–water partition coefficient (Wildman–Crippen LogP) is 2.40. The average Bonchev–Trinajstić information content (AvgIpc) is 2.53. The minimum atomic E-state index is -1.04. The second kappa shape index (κ2) is 4.20. The summed E-state index contributed by atoms with van der Waals surface area (Å²) in [6.45, 7) is 5.60. The molecule has 1 N–H and O–H groups in total. The fraction of sp³-hybridized carbons (Fsp3) is 0.385. The van der Waals surface area contributed by atoms with E-state index in [0.29, 0.717) is 4.99 Å². The maximum Gasteiger partial charge on any atom is 0.164 e. The number of benzene rings is 1. The Balaban J connectivity index is 2.34. The van der Waals surface area contributed by atoms with Gasteiger partial charge in [-0.05, 0) is 13.8 Å². The summed E-state index contributed by atoms with van der Waals surface area (Å²) in [4.78, 5) is 0.555. The number of thiocarbonyl (C=S) groups is 1. The highest BCUT2D eigenvalue weighted by molar-refractivity contribution is 7.80. The molecule has 0 amide bonds. The molecule has 0 aromatic heterocycles. The topological polar surface area (TPSA) is 35.8 Å². The molecule has 2 rings (SSSR count). The lowest BCUT2D eigenvalue weighted by atomic mass is 9.96. The van der Waals surface area contributed by atoms with Crippen molar-refractivity contribution in [1.29, 1.82) is 0 Å². The van der Waals surface area contributed by atoms with Gasteiger partial charge in [0, 0.05) is 17.2 Å². The lowest BCUT2D eigenvalue weighted by Gasteiger charge is -2.32. The minimum absolute atomic E-state index is 0.0239. The van der Waals surface area contributed by atoms with Crippen molar-refractivity contribution in [2.75, 3.05) is 0 Å². The zero-order valence-corrected chi connectivity index (χ0v) is 11.0. The molecule has 17 heavy (non-hydrogen) atoms. The van der Waals surface area contributed by atoms with Crippen molar-refractivity contribution in [3.8, 4) is 0 Å². The van der Waals surface area contributed by atoms with Gasteiger partial charge in [-0.3, -0.25) is 0 Å². The molecule has 0 fully saturated rings. The number of hydrogen-bond donors (Lipinski definition) is 1. The van der Waals surface area contributed by atoms with E-state index in [-0.39, 0.29) is 5.92 Å². The molecule has 1 aromatic rings. The third-order valence-electron chi connectivity index (χ3n) is 3.35. The number of hydrogen-bond acceptors (Lipinski definition) is 3. The summed E-state index contributed by atoms with van der Waals surface area (Å²) in [7, 11) is 0. The van der Waals surface area contributed by atoms with Gasteiger partial charge in [-0.15, -0.1) is 0 Å². The van der Waals surface area contributed by atoms with E-state index in [4.69, 9.17) is 12.2 Å². The largest absolute Gasteiger partial charge is 0.369 e. The van der Waals surface area contributed by atoms with E-state index in [2.05, 4.69) is 5.10 Å². The fourth-order valence-electron chi connectivity index (χ4n) is 1.88. The fourth-order valence-corrected chi connectivity index (χ4v) is 2.24. The molecule has 4 heteroatoms. The van der Waals surface area contributed by atoms with Crippen LogP contribution in [0.4, 0.5) is 0 Å². The first kappa shape index (κ1) is 12.2. The van der Waals surface area contributed by atoms with Gasteiger partial charge >= 0.3 is 0 Å². The van der Waals surface area contributed by atoms with Crippen LogP contribution in [-0.4, -0.2) is 26.5 Å². The van der Waals surface area contributed by atoms with Gasteiger partial charge in [0.25, 0.3) is 0 Å². The highest BCUT2D eigenvalue weighted by Crippen LogP contribution is 2.31. The van der Waals surface area contributed by atoms with E-state index in [1.807, 2.05) is 44.2 Å². The van der Waals surface area contributed by atoms with Crippen molar-refractivity contribution < 1.29 is 5.11 Å². The summed E-state index contributed by atoms with van der Waals surface area (Å²) >= 11 is 5.39. The van der Waals surface area contributed by atoms with E-state index in [9.17, 15) is 5.11 Å². The molecule has 1 aliphatic heterocycles. The van der Waals surface area contributed by atoms with E-state index in [1.54, 1.807) is 6.92 Å². The van der Waals surface area contributed by atoms with Crippen LogP contribution in [0.25, 0.3) is 0 Å². The number of rotatable bonds is 1. The maximum absolute atomic E-state index is 10.4. The summed E-state index contributed by atoms with van der Waals surface area (Å²) < 4.78 is 0. The van der Waals surface area contributed by atoms with Gasteiger partial charge in [-0.1, -0.05) is 49.5 Å². The Morgan fingerprint density at radius 1 is 1.41 bits per heavy atom. The number of hydrazone groups is 1. The minimum Gasteiger partial charge on any atom is -0.369 e. The lowest BCUT2D eigenvalue weighted by molar-refractivity contribution is -0.0592. The van der Waals surface area contributed by atoms with Gasteiger partial charge in [0.2, 0.25) is 0 Å². The highest BCUT2D eigenvalue weighted by Gasteiger charge is 2.43. The van der Waals surface area contributed by atoms with Crippen molar-refractivity contribution >= 4 is 22.9 Å². The molecule has 0 saturated heterocycles. The first-order valence-corrected chi connectivity index (χ1v) is 6.02. The molecule has 0 saturated carbocycles. The van der Waals surface area contributed by atoms with Gasteiger partial charge in [0.1, 0.15) is 4.99 Å². The van der Waals surface area contributed by atoms with Gasteiger partial charge in [-0.25, -0.2) is 5.01 Å². The van der Waals surface area contributed by atoms with Crippen molar-refractivity contribution in [2.45, 2.75) is 26.5 Å². The summed E-state index contributed by atoms with van der Waals surface area (Å²) in [6, 6.07) is 9.63. The first-order valence-electron chi connectivity index (χ1n) is 5.61. The summed E-state index contributed by atoms with van der Waals surface area (Å²) in [5.74, 6) is -0.0239. The Morgan fingerprint density at radius 3 is 2.47 bits per heavy atom. The molecule has 1 aliphatic rings. The Morgan fingerprint density at radius 2 is 2.00 bits per heavy atom. The summed E-state index contributed by atoms with van der Waals surface area (Å²) in [5, 5.41) is 16.3. The van der Waals surface area contributed by atoms with Crippen molar-refractivity contribution in [3.05, 3.63) is 35.9 Å². The Hall–Kier alpha value is -1.26. The van der Waals surface area contributed by atoms with Gasteiger partial charge in [0.15, 0.2) is 5.72 Å². The zero-order valence-electron chi connectivity index (χ0n) is 10.2. The van der Waals surface area contributed by atoms with Crippen LogP contribution >= 0.6 is 12.2 Å². The van der Waals surface area contributed by atoms with Crippen LogP contribution in [0.5, 0.6) is 0 Å². The molecule has 0 aliphatic carbocycles. The number of nitrogens with zero attached hydrogens (tertiary/aromatic N) is 2. The van der Waals surface area contributed by atoms with Gasteiger partial charge in [0.05, 0.1) is 0 Å². The van der Waals surface area contributed by atoms with Crippen LogP contribution < -0.4 is 0 Å². The molecule has 1 aromatic carbocycles. The molecule has 0 bridgehead atoms. The standard InChI is InChI=1S/C13H16N2OS/c1-9-10(2)14-15(13(9,3)16)12(17)11-7-5-4-6-8-11/h4-9,16H,1-3H3/t9-,13+/m0/s1. The third-order valence-corrected chi connectivity index (χ3v) is 3.76. The van der Waals surface area contributed by atoms with Crippen molar-refractivity contribution in [2.24, 2.45) is 11.0 Å². The molecule has 3 nitrogen and oxygen atoms in total. The predicted molar refractivity (Wildman–Crippen MR) is 72.9 cm³/mol. The Bertz CT molecular complexity index is 468. The van der Waals surface area contributed by atoms with E-state index >= 15 is 0 Å². The van der Waals surface area contributed by atoms with Crippen LogP contribution in [0.1, 0.15) is 26.3 Å². The molecular weight excluding hydrogens is 232 g/mol. The molecule has 0 radical (unpaired) electrons. The van der Waals surface area contributed by atoms with Gasteiger partial charge < -0.3 is 5.11 Å². The number of aliphatic hydroxyl groups is 1. The molecule has 0 spiro atoms. The van der Waals surface area contributed by atoms with Crippen LogP contribution in [0.3, 0.4) is 0 Å². The molecular formula is C13H16N2OS. The molecule has 1 heterocycles. The summed E-state index contributed by atoms with van der Waals surface area (Å²) in [6.07, 6.45) is 0. The van der Waals surface area contributed by atoms with E-state index < -0.39 is 5.72 Å². The SMILES string of the molecule is CC1=NN(C(=S)c2ccccc2)[C@](C)(O)[C@H]1C. The van der Waals surface area contributed by atoms with Crippen LogP contribution in [0, 0.1) is 5.92 Å². The van der Waals surface area contributed by atoms with Crippen molar-refractivity contribution in [3.63, 3.8) is 0 Å². The van der Waals surface area contributed by atoms with Crippen LogP contribution in [-0.2, 0) is 0 Å². The normalized spacial score (nSPS) is 28.1. The van der Waals surface area contributed by atoms with Gasteiger partial charge in [-0.2, -0.15) is 5.10 Å². The first-order chi connectivity index (χ1) is 7.94. The average molecular weight is 248 g/mol. The monoisotopic (exact) mass is 248 g/mol. The third kappa shape index (κ3) is 1.98. The van der Waals surface area contributed by atoms with Crippen LogP contribution in [0.15, 0.2) is 35.4 Å².